The Kier molecular flexibility index (Phi) is 4.77. The van der Waals surface area contributed by atoms with Gasteiger partial charge in [-0.15, -0.1) is 0 Å². The Morgan fingerprint density at radius 1 is 1.19 bits per heavy atom. The van der Waals surface area contributed by atoms with Crippen LogP contribution in [0.5, 0.6) is 0 Å². The summed E-state index contributed by atoms with van der Waals surface area (Å²) in [5.41, 5.74) is 1.60. The van der Waals surface area contributed by atoms with Gasteiger partial charge in [0.25, 0.3) is 5.91 Å². The number of aliphatic carboxylic acids is 1. The molecule has 1 aromatic heterocycles. The molecule has 1 heterocycles. The minimum absolute atomic E-state index is 0.0989. The van der Waals surface area contributed by atoms with E-state index in [-0.39, 0.29) is 25.4 Å². The smallest absolute Gasteiger partial charge is 0.305 e. The molecule has 2 aromatic rings. The molecule has 0 atom stereocenters. The zero-order valence-electron chi connectivity index (χ0n) is 11.8. The molecule has 1 amide bonds. The molecule has 0 bridgehead atoms. The molecule has 0 aliphatic heterocycles. The first-order valence-corrected chi connectivity index (χ1v) is 6.66. The topological polar surface area (TPSA) is 70.8 Å². The highest BCUT2D eigenvalue weighted by Crippen LogP contribution is 2.12. The van der Waals surface area contributed by atoms with Gasteiger partial charge in [-0.2, -0.15) is 0 Å². The van der Waals surface area contributed by atoms with E-state index in [0.717, 1.165) is 5.56 Å². The summed E-state index contributed by atoms with van der Waals surface area (Å²) in [5.74, 6) is -0.510. The molecule has 0 saturated heterocycles. The number of nitrogens with zero attached hydrogens (tertiary/aromatic N) is 1. The van der Waals surface area contributed by atoms with E-state index in [1.165, 1.54) is 11.2 Å². The van der Waals surface area contributed by atoms with Crippen LogP contribution in [0.4, 0.5) is 0 Å². The number of carbonyl (C=O) groups is 2. The van der Waals surface area contributed by atoms with Crippen molar-refractivity contribution in [3.05, 3.63) is 59.5 Å². The van der Waals surface area contributed by atoms with Crippen molar-refractivity contribution in [2.45, 2.75) is 19.9 Å². The predicted octanol–water partition coefficient (Wildman–Crippen LogP) is 2.71. The monoisotopic (exact) mass is 287 g/mol. The summed E-state index contributed by atoms with van der Waals surface area (Å²) in [4.78, 5) is 24.7. The molecule has 2 rings (SSSR count). The number of aryl methyl sites for hydroxylation is 1. The van der Waals surface area contributed by atoms with Gasteiger partial charge in [0.15, 0.2) is 0 Å². The van der Waals surface area contributed by atoms with Gasteiger partial charge in [0.1, 0.15) is 5.76 Å². The van der Waals surface area contributed by atoms with E-state index in [1.807, 2.05) is 19.1 Å². The van der Waals surface area contributed by atoms with Crippen LogP contribution in [0, 0.1) is 6.92 Å². The van der Waals surface area contributed by atoms with Gasteiger partial charge >= 0.3 is 5.97 Å². The second-order valence-electron chi connectivity index (χ2n) is 4.82. The van der Waals surface area contributed by atoms with Crippen molar-refractivity contribution in [2.75, 3.05) is 6.54 Å². The third-order valence-electron chi connectivity index (χ3n) is 3.11. The second kappa shape index (κ2) is 6.74. The first-order chi connectivity index (χ1) is 10.1. The molecule has 1 N–H and O–H groups in total. The summed E-state index contributed by atoms with van der Waals surface area (Å²) in [6, 6.07) is 10.7. The van der Waals surface area contributed by atoms with Crippen LogP contribution in [-0.4, -0.2) is 28.4 Å². The standard InChI is InChI=1S/C16H17NO4/c1-12-4-6-13(7-5-12)16(20)17(9-8-15(18)19)11-14-3-2-10-21-14/h2-7,10H,8-9,11H2,1H3,(H,18,19). The number of rotatable bonds is 6. The molecule has 5 nitrogen and oxygen atoms in total. The number of benzene rings is 1. The summed E-state index contributed by atoms with van der Waals surface area (Å²) in [6.07, 6.45) is 1.43. The van der Waals surface area contributed by atoms with Gasteiger partial charge in [-0.1, -0.05) is 17.7 Å². The number of carboxylic acid groups (broad SMARTS) is 1. The Balaban J connectivity index is 2.14. The van der Waals surface area contributed by atoms with Crippen molar-refractivity contribution in [1.29, 1.82) is 0 Å². The van der Waals surface area contributed by atoms with E-state index in [2.05, 4.69) is 0 Å². The van der Waals surface area contributed by atoms with E-state index in [4.69, 9.17) is 9.52 Å². The quantitative estimate of drug-likeness (QED) is 0.886. The van der Waals surface area contributed by atoms with Gasteiger partial charge in [0.2, 0.25) is 0 Å². The van der Waals surface area contributed by atoms with Crippen LogP contribution in [0.1, 0.15) is 28.1 Å². The van der Waals surface area contributed by atoms with Crippen LogP contribution >= 0.6 is 0 Å². The van der Waals surface area contributed by atoms with Crippen LogP contribution in [0.25, 0.3) is 0 Å². The number of carboxylic acids is 1. The van der Waals surface area contributed by atoms with Crippen LogP contribution < -0.4 is 0 Å². The van der Waals surface area contributed by atoms with Crippen LogP contribution in [0.2, 0.25) is 0 Å². The van der Waals surface area contributed by atoms with Crippen LogP contribution in [0.3, 0.4) is 0 Å². The summed E-state index contributed by atoms with van der Waals surface area (Å²) in [5, 5.41) is 8.82. The zero-order chi connectivity index (χ0) is 15.2. The highest BCUT2D eigenvalue weighted by atomic mass is 16.4. The third-order valence-corrected chi connectivity index (χ3v) is 3.11. The highest BCUT2D eigenvalue weighted by molar-refractivity contribution is 5.94. The summed E-state index contributed by atoms with van der Waals surface area (Å²) in [6.45, 7) is 2.34. The largest absolute Gasteiger partial charge is 0.481 e. The van der Waals surface area contributed by atoms with Gasteiger partial charge in [0.05, 0.1) is 19.2 Å². The number of furan rings is 1. The van der Waals surface area contributed by atoms with E-state index in [9.17, 15) is 9.59 Å². The lowest BCUT2D eigenvalue weighted by Crippen LogP contribution is -2.32. The van der Waals surface area contributed by atoms with Crippen molar-refractivity contribution >= 4 is 11.9 Å². The molecule has 1 aromatic carbocycles. The molecule has 0 spiro atoms. The van der Waals surface area contributed by atoms with Crippen molar-refractivity contribution in [3.63, 3.8) is 0 Å². The van der Waals surface area contributed by atoms with Gasteiger partial charge in [0, 0.05) is 12.1 Å². The molecule has 0 fully saturated rings. The first kappa shape index (κ1) is 14.8. The highest BCUT2D eigenvalue weighted by Gasteiger charge is 2.18. The molecule has 21 heavy (non-hydrogen) atoms. The molecule has 0 unspecified atom stereocenters. The molecule has 0 aliphatic carbocycles. The van der Waals surface area contributed by atoms with Gasteiger partial charge in [-0.05, 0) is 31.2 Å². The van der Waals surface area contributed by atoms with Crippen molar-refractivity contribution < 1.29 is 19.1 Å². The van der Waals surface area contributed by atoms with Crippen LogP contribution in [-0.2, 0) is 11.3 Å². The van der Waals surface area contributed by atoms with E-state index in [0.29, 0.717) is 11.3 Å². The fourth-order valence-electron chi connectivity index (χ4n) is 1.95. The molecular formula is C16H17NO4. The zero-order valence-corrected chi connectivity index (χ0v) is 11.8. The Morgan fingerprint density at radius 2 is 1.90 bits per heavy atom. The maximum atomic E-state index is 12.5. The SMILES string of the molecule is Cc1ccc(C(=O)N(CCC(=O)O)Cc2ccco2)cc1. The number of hydrogen-bond acceptors (Lipinski definition) is 3. The van der Waals surface area contributed by atoms with Gasteiger partial charge in [-0.25, -0.2) is 0 Å². The van der Waals surface area contributed by atoms with Gasteiger partial charge in [-0.3, -0.25) is 9.59 Å². The first-order valence-electron chi connectivity index (χ1n) is 6.66. The normalized spacial score (nSPS) is 10.3. The lowest BCUT2D eigenvalue weighted by atomic mass is 10.1. The maximum Gasteiger partial charge on any atom is 0.305 e. The lowest BCUT2D eigenvalue weighted by molar-refractivity contribution is -0.137. The summed E-state index contributed by atoms with van der Waals surface area (Å²) in [7, 11) is 0. The minimum atomic E-state index is -0.934. The van der Waals surface area contributed by atoms with Crippen molar-refractivity contribution in [2.24, 2.45) is 0 Å². The average molecular weight is 287 g/mol. The number of carbonyl (C=O) groups excluding carboxylic acids is 1. The van der Waals surface area contributed by atoms with E-state index >= 15 is 0 Å². The molecule has 0 saturated carbocycles. The summed E-state index contributed by atoms with van der Waals surface area (Å²) >= 11 is 0. The Bertz CT molecular complexity index is 602. The molecule has 5 heteroatoms. The van der Waals surface area contributed by atoms with Crippen molar-refractivity contribution in [1.82, 2.24) is 4.90 Å². The molecule has 0 radical (unpaired) electrons. The minimum Gasteiger partial charge on any atom is -0.481 e. The predicted molar refractivity (Wildman–Crippen MR) is 76.9 cm³/mol. The van der Waals surface area contributed by atoms with Crippen LogP contribution in [0.15, 0.2) is 47.1 Å². The fourth-order valence-corrected chi connectivity index (χ4v) is 1.95. The number of hydrogen-bond donors (Lipinski definition) is 1. The molecule has 110 valence electrons. The van der Waals surface area contributed by atoms with E-state index < -0.39 is 5.97 Å². The van der Waals surface area contributed by atoms with E-state index in [1.54, 1.807) is 24.3 Å². The lowest BCUT2D eigenvalue weighted by Gasteiger charge is -2.21. The van der Waals surface area contributed by atoms with Gasteiger partial charge < -0.3 is 14.4 Å². The average Bonchev–Trinajstić information content (AvgIpc) is 2.96. The molecular weight excluding hydrogens is 270 g/mol. The fraction of sp³-hybridized carbons (Fsp3) is 0.250. The Morgan fingerprint density at radius 3 is 2.48 bits per heavy atom. The third kappa shape index (κ3) is 4.21. The maximum absolute atomic E-state index is 12.5. The number of amides is 1. The Labute approximate surface area is 122 Å². The summed E-state index contributed by atoms with van der Waals surface area (Å²) < 4.78 is 5.23. The van der Waals surface area contributed by atoms with Crippen molar-refractivity contribution in [3.8, 4) is 0 Å². The second-order valence-corrected chi connectivity index (χ2v) is 4.82. The molecule has 0 aliphatic rings. The Hall–Kier alpha value is -2.56.